The first-order valence-corrected chi connectivity index (χ1v) is 12.9. The van der Waals surface area contributed by atoms with Gasteiger partial charge in [-0.15, -0.1) is 0 Å². The van der Waals surface area contributed by atoms with Crippen molar-refractivity contribution in [3.63, 3.8) is 0 Å². The Morgan fingerprint density at radius 2 is 1.78 bits per heavy atom. The lowest BCUT2D eigenvalue weighted by Crippen LogP contribution is -2.02. The van der Waals surface area contributed by atoms with Gasteiger partial charge in [-0.05, 0) is 38.6 Å². The molecule has 0 fully saturated rings. The first-order valence-electron chi connectivity index (χ1n) is 7.14. The van der Waals surface area contributed by atoms with Gasteiger partial charge in [-0.3, -0.25) is 0 Å². The van der Waals surface area contributed by atoms with Gasteiger partial charge in [-0.2, -0.15) is 0 Å². The molecule has 0 aromatic carbocycles. The lowest BCUT2D eigenvalue weighted by atomic mass is 10.2. The molecular formula is C12H24N2O5P2S2. The van der Waals surface area contributed by atoms with E-state index in [0.29, 0.717) is 10.9 Å². The van der Waals surface area contributed by atoms with Crippen LogP contribution >= 0.6 is 13.4 Å². The molecular weight excluding hydrogens is 378 g/mol. The van der Waals surface area contributed by atoms with E-state index in [0.717, 1.165) is 5.69 Å². The molecule has 0 aliphatic heterocycles. The van der Waals surface area contributed by atoms with Crippen molar-refractivity contribution in [3.8, 4) is 0 Å². The molecule has 11 heteroatoms. The average molecular weight is 402 g/mol. The Labute approximate surface area is 145 Å². The van der Waals surface area contributed by atoms with Crippen LogP contribution in [0.5, 0.6) is 0 Å². The van der Waals surface area contributed by atoms with Gasteiger partial charge in [0.25, 0.3) is 6.72 Å². The normalized spacial score (nSPS) is 12.9. The van der Waals surface area contributed by atoms with E-state index in [-0.39, 0.29) is 30.1 Å². The number of aryl methyl sites for hydroxylation is 1. The fourth-order valence-corrected chi connectivity index (χ4v) is 8.75. The van der Waals surface area contributed by atoms with Gasteiger partial charge in [0.15, 0.2) is 0 Å². The van der Waals surface area contributed by atoms with E-state index in [1.165, 1.54) is 0 Å². The lowest BCUT2D eigenvalue weighted by molar-refractivity contribution is 0.208. The smallest absolute Gasteiger partial charge is 0.328 e. The van der Waals surface area contributed by atoms with Gasteiger partial charge in [0, 0.05) is 11.6 Å². The van der Waals surface area contributed by atoms with Gasteiger partial charge in [0.1, 0.15) is 5.82 Å². The van der Waals surface area contributed by atoms with Crippen LogP contribution in [0, 0.1) is 6.92 Å². The summed E-state index contributed by atoms with van der Waals surface area (Å²) in [5.74, 6) is 0.772. The van der Waals surface area contributed by atoms with Crippen LogP contribution in [0.3, 0.4) is 0 Å². The first-order chi connectivity index (χ1) is 10.6. The number of nitrogens with zero attached hydrogens (tertiary/aromatic N) is 2. The molecule has 0 spiro atoms. The molecule has 134 valence electrons. The summed E-state index contributed by atoms with van der Waals surface area (Å²) in [7, 11) is 0.135. The molecule has 1 rings (SSSR count). The fraction of sp³-hybridized carbons (Fsp3) is 0.667. The van der Waals surface area contributed by atoms with Crippen molar-refractivity contribution in [2.75, 3.05) is 13.2 Å². The molecule has 23 heavy (non-hydrogen) atoms. The summed E-state index contributed by atoms with van der Waals surface area (Å²) in [5, 5.41) is 0.467. The zero-order chi connectivity index (χ0) is 17.7. The second kappa shape index (κ2) is 9.13. The summed E-state index contributed by atoms with van der Waals surface area (Å²) < 4.78 is 15.8. The Morgan fingerprint density at radius 1 is 1.22 bits per heavy atom. The summed E-state index contributed by atoms with van der Waals surface area (Å²) in [5.41, 5.74) is 0.750. The van der Waals surface area contributed by atoms with Crippen LogP contribution < -0.4 is 0 Å². The van der Waals surface area contributed by atoms with Crippen molar-refractivity contribution in [2.24, 2.45) is 0 Å². The van der Waals surface area contributed by atoms with Gasteiger partial charge in [-0.1, -0.05) is 24.8 Å². The molecule has 0 saturated heterocycles. The molecule has 1 aromatic rings. The molecule has 0 saturated carbocycles. The zero-order valence-corrected chi connectivity index (χ0v) is 17.3. The number of thiol groups is 1. The second-order valence-electron chi connectivity index (χ2n) is 4.86. The van der Waals surface area contributed by atoms with E-state index in [1.807, 2.05) is 20.8 Å². The highest BCUT2D eigenvalue weighted by Crippen LogP contribution is 2.62. The number of hydrogen-bond donors (Lipinski definition) is 3. The fourth-order valence-electron chi connectivity index (χ4n) is 1.57. The largest absolute Gasteiger partial charge is 0.334 e. The molecule has 1 aromatic heterocycles. The third-order valence-electron chi connectivity index (χ3n) is 2.39. The summed E-state index contributed by atoms with van der Waals surface area (Å²) in [6, 6.07) is 1.68. The molecule has 7 nitrogen and oxygen atoms in total. The highest BCUT2D eigenvalue weighted by Gasteiger charge is 2.28. The monoisotopic (exact) mass is 402 g/mol. The Hall–Kier alpha value is 0.310. The predicted octanol–water partition coefficient (Wildman–Crippen LogP) is 3.06. The van der Waals surface area contributed by atoms with Crippen molar-refractivity contribution in [1.29, 1.82) is 0 Å². The van der Waals surface area contributed by atoms with E-state index in [9.17, 15) is 9.79 Å². The zero-order valence-electron chi connectivity index (χ0n) is 13.8. The second-order valence-corrected chi connectivity index (χ2v) is 12.1. The minimum absolute atomic E-state index is 0.132. The Bertz CT molecular complexity index is 626. The van der Waals surface area contributed by atoms with Gasteiger partial charge in [-0.25, -0.2) is 14.3 Å². The quantitative estimate of drug-likeness (QED) is 0.347. The third-order valence-corrected chi connectivity index (χ3v) is 9.20. The van der Waals surface area contributed by atoms with E-state index < -0.39 is 13.4 Å². The van der Waals surface area contributed by atoms with Crippen molar-refractivity contribution < 1.29 is 23.1 Å². The molecule has 0 unspecified atom stereocenters. The van der Waals surface area contributed by atoms with Crippen LogP contribution in [0.1, 0.15) is 45.1 Å². The summed E-state index contributed by atoms with van der Waals surface area (Å²) in [6.45, 7) is 2.73. The van der Waals surface area contributed by atoms with E-state index in [1.54, 1.807) is 19.9 Å². The minimum atomic E-state index is -3.84. The van der Waals surface area contributed by atoms with Crippen molar-refractivity contribution in [2.45, 2.75) is 45.6 Å². The summed E-state index contributed by atoms with van der Waals surface area (Å²) in [6.07, 6.45) is 0. The van der Waals surface area contributed by atoms with Crippen LogP contribution in [0.15, 0.2) is 11.1 Å². The van der Waals surface area contributed by atoms with E-state index in [2.05, 4.69) is 9.97 Å². The topological polar surface area (TPSA) is 93.9 Å². The number of rotatable bonds is 8. The van der Waals surface area contributed by atoms with E-state index in [4.69, 9.17) is 25.2 Å². The maximum Gasteiger partial charge on any atom is 0.334 e. The Kier molecular flexibility index (Phi) is 8.48. The van der Waals surface area contributed by atoms with Crippen LogP contribution in [0.4, 0.5) is 0 Å². The summed E-state index contributed by atoms with van der Waals surface area (Å²) in [4.78, 5) is 29.2. The number of aromatic nitrogens is 2. The van der Waals surface area contributed by atoms with Crippen LogP contribution in [0.25, 0.3) is 0 Å². The van der Waals surface area contributed by atoms with Crippen molar-refractivity contribution in [1.82, 2.24) is 9.97 Å². The molecule has 2 N–H and O–H groups in total. The standard InChI is InChI=1S/C12H24N2O5P2S2/c1-6-17-21(22,18-7-2)19-20(15,16)23-11-8-10(5)13-12(14-11)9(3)4/h8-9,15-16,23H,6-7H2,1-5H3. The third kappa shape index (κ3) is 7.38. The maximum absolute atomic E-state index is 10.2. The molecule has 0 radical (unpaired) electrons. The highest BCUT2D eigenvalue weighted by atomic mass is 32.5. The predicted molar refractivity (Wildman–Crippen MR) is 97.9 cm³/mol. The summed E-state index contributed by atoms with van der Waals surface area (Å²) >= 11 is 5.17. The molecule has 0 aliphatic carbocycles. The number of hydrogen-bond acceptors (Lipinski definition) is 6. The van der Waals surface area contributed by atoms with Gasteiger partial charge in [0.05, 0.1) is 18.2 Å². The molecule has 0 amide bonds. The van der Waals surface area contributed by atoms with Gasteiger partial charge in [0.2, 0.25) is 0 Å². The molecule has 0 atom stereocenters. The first kappa shape index (κ1) is 21.4. The van der Waals surface area contributed by atoms with Crippen molar-refractivity contribution >= 4 is 36.2 Å². The minimum Gasteiger partial charge on any atom is -0.328 e. The van der Waals surface area contributed by atoms with Crippen LogP contribution in [0.2, 0.25) is 0 Å². The Morgan fingerprint density at radius 3 is 2.26 bits per heavy atom. The highest BCUT2D eigenvalue weighted by molar-refractivity contribution is 8.20. The molecule has 0 aliphatic rings. The molecule has 0 bridgehead atoms. The van der Waals surface area contributed by atoms with Crippen LogP contribution in [-0.2, 0) is 36.1 Å². The lowest BCUT2D eigenvalue weighted by Gasteiger charge is -2.23. The van der Waals surface area contributed by atoms with Gasteiger partial charge >= 0.3 is 6.72 Å². The molecule has 1 heterocycles. The van der Waals surface area contributed by atoms with E-state index >= 15 is 0 Å². The Balaban J connectivity index is 3.16. The SMILES string of the molecule is CCOP(=S)(OCC)OP(O)(O)=[SH]c1cc(C)nc(C(C)C)n1. The maximum atomic E-state index is 10.2. The average Bonchev–Trinajstić information content (AvgIpc) is 2.36. The van der Waals surface area contributed by atoms with Crippen LogP contribution in [-0.4, -0.2) is 33.0 Å². The van der Waals surface area contributed by atoms with Crippen molar-refractivity contribution in [3.05, 3.63) is 17.6 Å². The van der Waals surface area contributed by atoms with Gasteiger partial charge < -0.3 is 18.8 Å².